The third-order valence-electron chi connectivity index (χ3n) is 4.24. The van der Waals surface area contributed by atoms with Crippen LogP contribution in [-0.2, 0) is 19.9 Å². The number of aromatic nitrogens is 2. The smallest absolute Gasteiger partial charge is 0.0766 e. The lowest BCUT2D eigenvalue weighted by molar-refractivity contribution is 0.451. The second-order valence-electron chi connectivity index (χ2n) is 5.85. The van der Waals surface area contributed by atoms with E-state index in [4.69, 9.17) is 0 Å². The van der Waals surface area contributed by atoms with Gasteiger partial charge in [0.15, 0.2) is 0 Å². The van der Waals surface area contributed by atoms with Gasteiger partial charge in [-0.3, -0.25) is 4.68 Å². The average Bonchev–Trinajstić information content (AvgIpc) is 2.79. The molecule has 0 amide bonds. The van der Waals surface area contributed by atoms with E-state index in [-0.39, 0.29) is 0 Å². The molecule has 5 heteroatoms. The second kappa shape index (κ2) is 8.59. The largest absolute Gasteiger partial charge is 0.312 e. The zero-order valence-corrected chi connectivity index (χ0v) is 15.9. The molecule has 1 saturated heterocycles. The topological polar surface area (TPSA) is 29.9 Å². The SMILES string of the molecule is CCCNC(Cc1c(Br)c(CC)nn1C)C1CCCCS1. The van der Waals surface area contributed by atoms with Gasteiger partial charge in [-0.2, -0.15) is 16.9 Å². The van der Waals surface area contributed by atoms with Crippen LogP contribution in [0.3, 0.4) is 0 Å². The molecule has 1 fully saturated rings. The molecule has 0 aliphatic carbocycles. The molecule has 2 rings (SSSR count). The zero-order chi connectivity index (χ0) is 15.2. The molecule has 1 N–H and O–H groups in total. The maximum Gasteiger partial charge on any atom is 0.0766 e. The first-order valence-electron chi connectivity index (χ1n) is 8.22. The summed E-state index contributed by atoms with van der Waals surface area (Å²) >= 11 is 5.92. The van der Waals surface area contributed by atoms with Crippen molar-refractivity contribution in [2.45, 2.75) is 63.7 Å². The lowest BCUT2D eigenvalue weighted by atomic mass is 10.0. The highest BCUT2D eigenvalue weighted by atomic mass is 79.9. The third-order valence-corrected chi connectivity index (χ3v) is 6.67. The molecule has 0 saturated carbocycles. The van der Waals surface area contributed by atoms with E-state index in [1.54, 1.807) is 0 Å². The first kappa shape index (κ1) is 17.4. The van der Waals surface area contributed by atoms with E-state index in [1.165, 1.54) is 47.3 Å². The van der Waals surface area contributed by atoms with Gasteiger partial charge < -0.3 is 5.32 Å². The summed E-state index contributed by atoms with van der Waals surface area (Å²) < 4.78 is 3.29. The van der Waals surface area contributed by atoms with Gasteiger partial charge in [-0.05, 0) is 53.9 Å². The summed E-state index contributed by atoms with van der Waals surface area (Å²) in [4.78, 5) is 0. The fraction of sp³-hybridized carbons (Fsp3) is 0.812. The summed E-state index contributed by atoms with van der Waals surface area (Å²) in [6, 6.07) is 0.562. The summed E-state index contributed by atoms with van der Waals surface area (Å²) in [6.07, 6.45) is 7.37. The van der Waals surface area contributed by atoms with Crippen molar-refractivity contribution in [2.24, 2.45) is 7.05 Å². The minimum Gasteiger partial charge on any atom is -0.312 e. The van der Waals surface area contributed by atoms with Gasteiger partial charge >= 0.3 is 0 Å². The van der Waals surface area contributed by atoms with Crippen LogP contribution >= 0.6 is 27.7 Å². The van der Waals surface area contributed by atoms with Crippen LogP contribution in [0, 0.1) is 0 Å². The number of nitrogens with one attached hydrogen (secondary N) is 1. The molecule has 2 unspecified atom stereocenters. The van der Waals surface area contributed by atoms with Gasteiger partial charge in [-0.15, -0.1) is 0 Å². The van der Waals surface area contributed by atoms with E-state index in [0.29, 0.717) is 6.04 Å². The summed E-state index contributed by atoms with van der Waals surface area (Å²) in [5.41, 5.74) is 2.52. The number of thioether (sulfide) groups is 1. The fourth-order valence-corrected chi connectivity index (χ4v) is 5.21. The Morgan fingerprint density at radius 1 is 1.43 bits per heavy atom. The van der Waals surface area contributed by atoms with Crippen molar-refractivity contribution in [1.29, 1.82) is 0 Å². The molecular weight excluding hydrogens is 346 g/mol. The average molecular weight is 374 g/mol. The molecule has 0 bridgehead atoms. The Bertz CT molecular complexity index is 441. The van der Waals surface area contributed by atoms with Crippen LogP contribution < -0.4 is 5.32 Å². The van der Waals surface area contributed by atoms with Gasteiger partial charge in [-0.1, -0.05) is 20.3 Å². The lowest BCUT2D eigenvalue weighted by Crippen LogP contribution is -2.42. The predicted octanol–water partition coefficient (Wildman–Crippen LogP) is 3.94. The number of hydrogen-bond acceptors (Lipinski definition) is 3. The summed E-state index contributed by atoms with van der Waals surface area (Å²) in [5.74, 6) is 1.32. The number of aryl methyl sites for hydroxylation is 2. The molecular formula is C16H28BrN3S. The summed E-state index contributed by atoms with van der Waals surface area (Å²) in [6.45, 7) is 5.52. The van der Waals surface area contributed by atoms with Gasteiger partial charge in [-0.25, -0.2) is 0 Å². The van der Waals surface area contributed by atoms with Gasteiger partial charge in [0.25, 0.3) is 0 Å². The molecule has 1 aromatic rings. The van der Waals surface area contributed by atoms with E-state index in [1.807, 2.05) is 0 Å². The van der Waals surface area contributed by atoms with Gasteiger partial charge in [0, 0.05) is 24.8 Å². The zero-order valence-electron chi connectivity index (χ0n) is 13.5. The Hall–Kier alpha value is -0.000000000000000111. The van der Waals surface area contributed by atoms with Gasteiger partial charge in [0.2, 0.25) is 0 Å². The predicted molar refractivity (Wildman–Crippen MR) is 96.2 cm³/mol. The van der Waals surface area contributed by atoms with E-state index in [2.05, 4.69) is 63.7 Å². The molecule has 1 aliphatic heterocycles. The molecule has 21 heavy (non-hydrogen) atoms. The Morgan fingerprint density at radius 3 is 2.81 bits per heavy atom. The minimum absolute atomic E-state index is 0.562. The van der Waals surface area contributed by atoms with Crippen molar-refractivity contribution in [3.8, 4) is 0 Å². The monoisotopic (exact) mass is 373 g/mol. The molecule has 0 spiro atoms. The summed E-state index contributed by atoms with van der Waals surface area (Å²) in [7, 11) is 2.07. The van der Waals surface area contributed by atoms with Gasteiger partial charge in [0.05, 0.1) is 15.9 Å². The number of rotatable bonds is 7. The van der Waals surface area contributed by atoms with Crippen molar-refractivity contribution < 1.29 is 0 Å². The van der Waals surface area contributed by atoms with Crippen LogP contribution in [0.4, 0.5) is 0 Å². The molecule has 2 atom stereocenters. The molecule has 1 aliphatic rings. The number of hydrogen-bond donors (Lipinski definition) is 1. The quantitative estimate of drug-likeness (QED) is 0.784. The van der Waals surface area contributed by atoms with Gasteiger partial charge in [0.1, 0.15) is 0 Å². The van der Waals surface area contributed by atoms with Crippen molar-refractivity contribution >= 4 is 27.7 Å². The number of halogens is 1. The Morgan fingerprint density at radius 2 is 2.24 bits per heavy atom. The van der Waals surface area contributed by atoms with Crippen molar-refractivity contribution in [2.75, 3.05) is 12.3 Å². The van der Waals surface area contributed by atoms with Crippen LogP contribution in [-0.4, -0.2) is 33.4 Å². The van der Waals surface area contributed by atoms with E-state index < -0.39 is 0 Å². The lowest BCUT2D eigenvalue weighted by Gasteiger charge is -2.31. The highest BCUT2D eigenvalue weighted by Crippen LogP contribution is 2.31. The fourth-order valence-electron chi connectivity index (χ4n) is 3.00. The van der Waals surface area contributed by atoms with Crippen molar-refractivity contribution in [1.82, 2.24) is 15.1 Å². The van der Waals surface area contributed by atoms with E-state index in [0.717, 1.165) is 24.6 Å². The minimum atomic E-state index is 0.562. The second-order valence-corrected chi connectivity index (χ2v) is 7.99. The highest BCUT2D eigenvalue weighted by molar-refractivity contribution is 9.10. The van der Waals surface area contributed by atoms with Crippen LogP contribution in [0.25, 0.3) is 0 Å². The van der Waals surface area contributed by atoms with E-state index in [9.17, 15) is 0 Å². The normalized spacial score (nSPS) is 20.7. The molecule has 1 aromatic heterocycles. The Balaban J connectivity index is 2.11. The third kappa shape index (κ3) is 4.49. The van der Waals surface area contributed by atoms with E-state index >= 15 is 0 Å². The molecule has 0 radical (unpaired) electrons. The van der Waals surface area contributed by atoms with Crippen molar-refractivity contribution in [3.63, 3.8) is 0 Å². The first-order chi connectivity index (χ1) is 10.2. The van der Waals surface area contributed by atoms with Crippen LogP contribution in [0.1, 0.15) is 50.9 Å². The van der Waals surface area contributed by atoms with Crippen LogP contribution in [0.5, 0.6) is 0 Å². The molecule has 2 heterocycles. The first-order valence-corrected chi connectivity index (χ1v) is 10.1. The van der Waals surface area contributed by atoms with Crippen LogP contribution in [0.15, 0.2) is 4.47 Å². The summed E-state index contributed by atoms with van der Waals surface area (Å²) in [5, 5.41) is 9.18. The molecule has 0 aromatic carbocycles. The molecule has 3 nitrogen and oxygen atoms in total. The maximum absolute atomic E-state index is 4.64. The Kier molecular flexibility index (Phi) is 7.10. The highest BCUT2D eigenvalue weighted by Gasteiger charge is 2.26. The van der Waals surface area contributed by atoms with Crippen molar-refractivity contribution in [3.05, 3.63) is 15.9 Å². The maximum atomic E-state index is 4.64. The standard InChI is InChI=1S/C16H28BrN3S/c1-4-9-18-13(15-8-6-7-10-21-15)11-14-16(17)12(5-2)19-20(14)3/h13,15,18H,4-11H2,1-3H3. The van der Waals surface area contributed by atoms with Crippen LogP contribution in [0.2, 0.25) is 0 Å². The molecule has 120 valence electrons. The number of nitrogens with zero attached hydrogens (tertiary/aromatic N) is 2. The Labute approximate surface area is 141 Å².